The highest BCUT2D eigenvalue weighted by atomic mass is 35.5. The van der Waals surface area contributed by atoms with Crippen molar-refractivity contribution in [3.63, 3.8) is 0 Å². The molecule has 2 N–H and O–H groups in total. The minimum atomic E-state index is 0.485. The number of hydrogen-bond donors (Lipinski definition) is 1. The lowest BCUT2D eigenvalue weighted by Gasteiger charge is -2.01. The van der Waals surface area contributed by atoms with E-state index in [1.165, 1.54) is 15.6 Å². The van der Waals surface area contributed by atoms with Crippen molar-refractivity contribution >= 4 is 38.7 Å². The molecule has 3 heteroatoms. The minimum absolute atomic E-state index is 0.485. The molecular weight excluding hydrogens is 202 g/mol. The third kappa shape index (κ3) is 1.40. The smallest absolute Gasteiger partial charge is 0.0494 e. The molecule has 0 unspecified atom stereocenters. The van der Waals surface area contributed by atoms with Crippen LogP contribution in [0.2, 0.25) is 0 Å². The second kappa shape index (κ2) is 3.20. The molecule has 2 aromatic rings. The lowest BCUT2D eigenvalue weighted by atomic mass is 10.1. The van der Waals surface area contributed by atoms with Gasteiger partial charge in [-0.1, -0.05) is 0 Å². The molecule has 1 nitrogen and oxygen atoms in total. The largest absolute Gasteiger partial charge is 0.398 e. The summed E-state index contributed by atoms with van der Waals surface area (Å²) in [5.41, 5.74) is 8.95. The number of nitrogen functional groups attached to an aromatic ring is 1. The number of fused-ring (bicyclic) bond motifs is 1. The van der Waals surface area contributed by atoms with Crippen molar-refractivity contribution in [2.45, 2.75) is 12.8 Å². The molecule has 0 aliphatic carbocycles. The van der Waals surface area contributed by atoms with Crippen LogP contribution in [0.25, 0.3) is 10.1 Å². The topological polar surface area (TPSA) is 26.0 Å². The van der Waals surface area contributed by atoms with Crippen LogP contribution < -0.4 is 5.73 Å². The highest BCUT2D eigenvalue weighted by molar-refractivity contribution is 7.17. The van der Waals surface area contributed by atoms with Gasteiger partial charge in [0.1, 0.15) is 0 Å². The lowest BCUT2D eigenvalue weighted by molar-refractivity contribution is 1.43. The Hall–Kier alpha value is -0.730. The number of aryl methyl sites for hydroxylation is 1. The van der Waals surface area contributed by atoms with E-state index in [2.05, 4.69) is 18.4 Å². The normalized spacial score (nSPS) is 10.9. The number of thiophene rings is 1. The molecule has 13 heavy (non-hydrogen) atoms. The van der Waals surface area contributed by atoms with Gasteiger partial charge in [-0.15, -0.1) is 22.9 Å². The Bertz CT molecular complexity index is 447. The minimum Gasteiger partial charge on any atom is -0.398 e. The summed E-state index contributed by atoms with van der Waals surface area (Å²) in [6.45, 7) is 2.10. The molecule has 68 valence electrons. The predicted molar refractivity (Wildman–Crippen MR) is 60.5 cm³/mol. The molecule has 0 aliphatic rings. The summed E-state index contributed by atoms with van der Waals surface area (Å²) < 4.78 is 1.27. The van der Waals surface area contributed by atoms with E-state index < -0.39 is 0 Å². The molecule has 0 atom stereocenters. The van der Waals surface area contributed by atoms with Gasteiger partial charge in [-0.05, 0) is 40.9 Å². The van der Waals surface area contributed by atoms with Gasteiger partial charge in [-0.3, -0.25) is 0 Å². The van der Waals surface area contributed by atoms with E-state index in [0.29, 0.717) is 5.88 Å². The zero-order valence-corrected chi connectivity index (χ0v) is 8.88. The molecule has 0 fully saturated rings. The Morgan fingerprint density at radius 1 is 1.46 bits per heavy atom. The molecule has 1 aromatic heterocycles. The van der Waals surface area contributed by atoms with Crippen molar-refractivity contribution in [3.05, 3.63) is 28.6 Å². The summed E-state index contributed by atoms with van der Waals surface area (Å²) in [6, 6.07) is 4.09. The molecule has 0 saturated carbocycles. The Morgan fingerprint density at radius 3 is 2.92 bits per heavy atom. The van der Waals surface area contributed by atoms with E-state index in [0.717, 1.165) is 11.3 Å². The van der Waals surface area contributed by atoms with E-state index in [-0.39, 0.29) is 0 Å². The first kappa shape index (κ1) is 8.85. The summed E-state index contributed by atoms with van der Waals surface area (Å²) in [5.74, 6) is 0.485. The average molecular weight is 212 g/mol. The van der Waals surface area contributed by atoms with E-state index in [4.69, 9.17) is 17.3 Å². The van der Waals surface area contributed by atoms with Crippen LogP contribution in [-0.4, -0.2) is 0 Å². The van der Waals surface area contributed by atoms with Gasteiger partial charge in [0.05, 0.1) is 0 Å². The van der Waals surface area contributed by atoms with Crippen LogP contribution in [-0.2, 0) is 5.88 Å². The highest BCUT2D eigenvalue weighted by Gasteiger charge is 2.04. The molecule has 0 saturated heterocycles. The van der Waals surface area contributed by atoms with Gasteiger partial charge < -0.3 is 5.73 Å². The Morgan fingerprint density at radius 2 is 2.23 bits per heavy atom. The van der Waals surface area contributed by atoms with E-state index in [1.807, 2.05) is 6.07 Å². The summed E-state index contributed by atoms with van der Waals surface area (Å²) >= 11 is 7.50. The SMILES string of the molecule is Cc1csc2cc(CCl)c(N)cc12. The van der Waals surface area contributed by atoms with Gasteiger partial charge in [-0.25, -0.2) is 0 Å². The highest BCUT2D eigenvalue weighted by Crippen LogP contribution is 2.30. The van der Waals surface area contributed by atoms with E-state index in [1.54, 1.807) is 11.3 Å². The van der Waals surface area contributed by atoms with Gasteiger partial charge in [-0.2, -0.15) is 0 Å². The Balaban J connectivity index is 2.76. The van der Waals surface area contributed by atoms with Crippen molar-refractivity contribution in [3.8, 4) is 0 Å². The summed E-state index contributed by atoms with van der Waals surface area (Å²) in [4.78, 5) is 0. The van der Waals surface area contributed by atoms with Gasteiger partial charge in [0.25, 0.3) is 0 Å². The molecule has 1 heterocycles. The summed E-state index contributed by atoms with van der Waals surface area (Å²) in [7, 11) is 0. The Kier molecular flexibility index (Phi) is 2.18. The number of nitrogens with two attached hydrogens (primary N) is 1. The van der Waals surface area contributed by atoms with Crippen molar-refractivity contribution in [2.24, 2.45) is 0 Å². The summed E-state index contributed by atoms with van der Waals surface area (Å²) in [5, 5.41) is 3.39. The number of rotatable bonds is 1. The molecular formula is C10H10ClNS. The van der Waals surface area contributed by atoms with Crippen LogP contribution in [0, 0.1) is 6.92 Å². The fraction of sp³-hybridized carbons (Fsp3) is 0.200. The average Bonchev–Trinajstić information content (AvgIpc) is 2.47. The van der Waals surface area contributed by atoms with E-state index >= 15 is 0 Å². The zero-order chi connectivity index (χ0) is 9.42. The lowest BCUT2D eigenvalue weighted by Crippen LogP contribution is -1.90. The standard InChI is InChI=1S/C10H10ClNS/c1-6-5-13-10-2-7(4-11)9(12)3-8(6)10/h2-3,5H,4,12H2,1H3. The molecule has 0 bridgehead atoms. The van der Waals surface area contributed by atoms with Crippen LogP contribution in [0.5, 0.6) is 0 Å². The zero-order valence-electron chi connectivity index (χ0n) is 7.30. The van der Waals surface area contributed by atoms with Gasteiger partial charge in [0, 0.05) is 16.3 Å². The first-order valence-electron chi connectivity index (χ1n) is 4.04. The van der Waals surface area contributed by atoms with Crippen molar-refractivity contribution in [1.29, 1.82) is 0 Å². The van der Waals surface area contributed by atoms with Crippen LogP contribution >= 0.6 is 22.9 Å². The van der Waals surface area contributed by atoms with Gasteiger partial charge >= 0.3 is 0 Å². The monoisotopic (exact) mass is 211 g/mol. The number of anilines is 1. The van der Waals surface area contributed by atoms with Crippen LogP contribution in [0.3, 0.4) is 0 Å². The fourth-order valence-corrected chi connectivity index (χ4v) is 2.59. The summed E-state index contributed by atoms with van der Waals surface area (Å²) in [6.07, 6.45) is 0. The molecule has 0 spiro atoms. The molecule has 0 amide bonds. The van der Waals surface area contributed by atoms with Crippen molar-refractivity contribution in [2.75, 3.05) is 5.73 Å². The third-order valence-corrected chi connectivity index (χ3v) is 3.52. The van der Waals surface area contributed by atoms with Crippen molar-refractivity contribution < 1.29 is 0 Å². The maximum absolute atomic E-state index is 5.85. The van der Waals surface area contributed by atoms with Gasteiger partial charge in [0.15, 0.2) is 0 Å². The van der Waals surface area contributed by atoms with Crippen LogP contribution in [0.4, 0.5) is 5.69 Å². The second-order valence-electron chi connectivity index (χ2n) is 3.10. The third-order valence-electron chi connectivity index (χ3n) is 2.17. The van der Waals surface area contributed by atoms with Crippen LogP contribution in [0.1, 0.15) is 11.1 Å². The number of alkyl halides is 1. The molecule has 1 aromatic carbocycles. The maximum atomic E-state index is 5.85. The van der Waals surface area contributed by atoms with Crippen molar-refractivity contribution in [1.82, 2.24) is 0 Å². The fourth-order valence-electron chi connectivity index (χ4n) is 1.38. The van der Waals surface area contributed by atoms with E-state index in [9.17, 15) is 0 Å². The molecule has 0 aliphatic heterocycles. The predicted octanol–water partition coefficient (Wildman–Crippen LogP) is 3.53. The quantitative estimate of drug-likeness (QED) is 0.567. The number of hydrogen-bond acceptors (Lipinski definition) is 2. The second-order valence-corrected chi connectivity index (χ2v) is 4.28. The maximum Gasteiger partial charge on any atom is 0.0494 e. The first-order valence-corrected chi connectivity index (χ1v) is 5.46. The number of halogens is 1. The molecule has 2 rings (SSSR count). The van der Waals surface area contributed by atoms with Gasteiger partial charge in [0.2, 0.25) is 0 Å². The Labute approximate surface area is 86.1 Å². The van der Waals surface area contributed by atoms with Crippen LogP contribution in [0.15, 0.2) is 17.5 Å². The first-order chi connectivity index (χ1) is 6.22. The number of benzene rings is 1. The molecule has 0 radical (unpaired) electrons.